The first-order valence-corrected chi connectivity index (χ1v) is 5.69. The number of aliphatic imine (C=N–C) groups is 1. The first-order valence-electron chi connectivity index (χ1n) is 3.83. The predicted molar refractivity (Wildman–Crippen MR) is 63.1 cm³/mol. The van der Waals surface area contributed by atoms with E-state index in [4.69, 9.17) is 5.73 Å². The fourth-order valence-electron chi connectivity index (χ4n) is 1.20. The maximum atomic E-state index is 5.57. The normalized spacial score (nSPS) is 20.9. The van der Waals surface area contributed by atoms with Gasteiger partial charge in [-0.25, -0.2) is 0 Å². The number of nitrogens with zero attached hydrogens (tertiary/aromatic N) is 1. The van der Waals surface area contributed by atoms with E-state index in [0.717, 1.165) is 17.3 Å². The van der Waals surface area contributed by atoms with Crippen molar-refractivity contribution in [3.8, 4) is 0 Å². The molecule has 0 saturated carbocycles. The van der Waals surface area contributed by atoms with Gasteiger partial charge in [-0.05, 0) is 11.4 Å². The molecule has 0 aliphatic carbocycles. The van der Waals surface area contributed by atoms with Crippen molar-refractivity contribution in [3.63, 3.8) is 0 Å². The molecule has 0 spiro atoms. The Balaban J connectivity index is 0.000000845. The molecule has 2 N–H and O–H groups in total. The van der Waals surface area contributed by atoms with Gasteiger partial charge in [0.25, 0.3) is 0 Å². The molecule has 0 saturated heterocycles. The zero-order valence-corrected chi connectivity index (χ0v) is 9.42. The highest BCUT2D eigenvalue weighted by molar-refractivity contribution is 8.14. The van der Waals surface area contributed by atoms with Crippen LogP contribution in [0.25, 0.3) is 0 Å². The van der Waals surface area contributed by atoms with Crippen molar-refractivity contribution in [2.75, 3.05) is 5.75 Å². The van der Waals surface area contributed by atoms with Crippen LogP contribution in [0.15, 0.2) is 22.5 Å². The van der Waals surface area contributed by atoms with E-state index in [2.05, 4.69) is 22.5 Å². The monoisotopic (exact) mass is 234 g/mol. The SMILES string of the molecule is Cl.NC1=N[C@H](Cc2cccs2)CS1. The molecule has 1 aromatic rings. The van der Waals surface area contributed by atoms with Crippen LogP contribution in [-0.2, 0) is 6.42 Å². The summed E-state index contributed by atoms with van der Waals surface area (Å²) in [6.45, 7) is 0. The van der Waals surface area contributed by atoms with Gasteiger partial charge < -0.3 is 5.73 Å². The van der Waals surface area contributed by atoms with Gasteiger partial charge in [-0.15, -0.1) is 23.7 Å². The molecule has 1 atom stereocenters. The Bertz CT molecular complexity index is 284. The molecular formula is C8H11ClN2S2. The lowest BCUT2D eigenvalue weighted by atomic mass is 10.2. The number of thiophene rings is 1. The summed E-state index contributed by atoms with van der Waals surface area (Å²) in [6, 6.07) is 4.64. The average Bonchev–Trinajstić information content (AvgIpc) is 2.63. The van der Waals surface area contributed by atoms with Crippen LogP contribution in [0.3, 0.4) is 0 Å². The van der Waals surface area contributed by atoms with E-state index in [1.807, 2.05) is 0 Å². The standard InChI is InChI=1S/C8H10N2S2.ClH/c9-8-10-6(5-12-8)4-7-2-1-3-11-7;/h1-3,6H,4-5H2,(H2,9,10);1H/t6-;/m1./s1. The van der Waals surface area contributed by atoms with Crippen molar-refractivity contribution < 1.29 is 0 Å². The van der Waals surface area contributed by atoms with Gasteiger partial charge in [0, 0.05) is 17.1 Å². The summed E-state index contributed by atoms with van der Waals surface area (Å²) in [7, 11) is 0. The minimum Gasteiger partial charge on any atom is -0.379 e. The largest absolute Gasteiger partial charge is 0.379 e. The summed E-state index contributed by atoms with van der Waals surface area (Å²) < 4.78 is 0. The highest BCUT2D eigenvalue weighted by Gasteiger charge is 2.16. The van der Waals surface area contributed by atoms with Gasteiger partial charge in [-0.3, -0.25) is 4.99 Å². The summed E-state index contributed by atoms with van der Waals surface area (Å²) in [6.07, 6.45) is 1.05. The zero-order valence-electron chi connectivity index (χ0n) is 6.97. The predicted octanol–water partition coefficient (Wildman–Crippen LogP) is 2.14. The van der Waals surface area contributed by atoms with Gasteiger partial charge in [0.15, 0.2) is 5.17 Å². The fraction of sp³-hybridized carbons (Fsp3) is 0.375. The molecule has 1 aliphatic rings. The summed E-state index contributed by atoms with van der Waals surface area (Å²) in [4.78, 5) is 5.73. The zero-order chi connectivity index (χ0) is 8.39. The molecule has 1 aliphatic heterocycles. The summed E-state index contributed by atoms with van der Waals surface area (Å²) >= 11 is 3.45. The fourth-order valence-corrected chi connectivity index (χ4v) is 2.76. The second kappa shape index (κ2) is 4.88. The first kappa shape index (κ1) is 10.9. The van der Waals surface area contributed by atoms with Gasteiger partial charge in [0.2, 0.25) is 0 Å². The van der Waals surface area contributed by atoms with Crippen LogP contribution in [0.1, 0.15) is 4.88 Å². The van der Waals surface area contributed by atoms with Gasteiger partial charge >= 0.3 is 0 Å². The molecule has 0 fully saturated rings. The van der Waals surface area contributed by atoms with E-state index in [9.17, 15) is 0 Å². The third-order valence-corrected chi connectivity index (χ3v) is 3.60. The highest BCUT2D eigenvalue weighted by Crippen LogP contribution is 2.20. The van der Waals surface area contributed by atoms with E-state index >= 15 is 0 Å². The number of rotatable bonds is 2. The molecule has 0 radical (unpaired) electrons. The van der Waals surface area contributed by atoms with Crippen LogP contribution < -0.4 is 5.73 Å². The average molecular weight is 235 g/mol. The van der Waals surface area contributed by atoms with Crippen molar-refractivity contribution in [1.29, 1.82) is 0 Å². The lowest BCUT2D eigenvalue weighted by Crippen LogP contribution is -2.07. The molecule has 0 unspecified atom stereocenters. The first-order chi connectivity index (χ1) is 5.84. The number of amidine groups is 1. The number of hydrogen-bond donors (Lipinski definition) is 1. The van der Waals surface area contributed by atoms with Crippen LogP contribution in [0, 0.1) is 0 Å². The lowest BCUT2D eigenvalue weighted by molar-refractivity contribution is 0.771. The Hall–Kier alpha value is -0.190. The van der Waals surface area contributed by atoms with E-state index in [-0.39, 0.29) is 12.4 Å². The minimum atomic E-state index is 0. The molecule has 72 valence electrons. The molecule has 0 bridgehead atoms. The van der Waals surface area contributed by atoms with Crippen LogP contribution in [0.2, 0.25) is 0 Å². The summed E-state index contributed by atoms with van der Waals surface area (Å²) in [5.74, 6) is 1.05. The molecule has 2 heterocycles. The Labute approximate surface area is 92.0 Å². The third kappa shape index (κ3) is 2.90. The topological polar surface area (TPSA) is 38.4 Å². The summed E-state index contributed by atoms with van der Waals surface area (Å²) in [5.41, 5.74) is 5.57. The van der Waals surface area contributed by atoms with Gasteiger partial charge in [-0.2, -0.15) is 0 Å². The van der Waals surface area contributed by atoms with E-state index in [1.165, 1.54) is 4.88 Å². The molecule has 2 nitrogen and oxygen atoms in total. The maximum Gasteiger partial charge on any atom is 0.154 e. The van der Waals surface area contributed by atoms with Crippen LogP contribution >= 0.6 is 35.5 Å². The van der Waals surface area contributed by atoms with Crippen molar-refractivity contribution in [1.82, 2.24) is 0 Å². The summed E-state index contributed by atoms with van der Waals surface area (Å²) in [5, 5.41) is 2.85. The lowest BCUT2D eigenvalue weighted by Gasteiger charge is -2.01. The number of hydrogen-bond acceptors (Lipinski definition) is 4. The second-order valence-electron chi connectivity index (χ2n) is 2.72. The van der Waals surface area contributed by atoms with Gasteiger partial charge in [0.1, 0.15) is 0 Å². The third-order valence-electron chi connectivity index (χ3n) is 1.75. The highest BCUT2D eigenvalue weighted by atomic mass is 35.5. The Kier molecular flexibility index (Phi) is 4.09. The van der Waals surface area contributed by atoms with Crippen molar-refractivity contribution in [2.24, 2.45) is 10.7 Å². The Morgan fingerprint density at radius 1 is 1.62 bits per heavy atom. The molecule has 13 heavy (non-hydrogen) atoms. The molecule has 0 amide bonds. The maximum absolute atomic E-state index is 5.57. The van der Waals surface area contributed by atoms with Crippen molar-refractivity contribution >= 4 is 40.7 Å². The number of nitrogens with two attached hydrogens (primary N) is 1. The Morgan fingerprint density at radius 3 is 3.00 bits per heavy atom. The quantitative estimate of drug-likeness (QED) is 0.852. The van der Waals surface area contributed by atoms with Gasteiger partial charge in [0.05, 0.1) is 6.04 Å². The molecule has 0 aromatic carbocycles. The van der Waals surface area contributed by atoms with E-state index < -0.39 is 0 Å². The van der Waals surface area contributed by atoms with Crippen LogP contribution in [0.5, 0.6) is 0 Å². The Morgan fingerprint density at radius 2 is 2.46 bits per heavy atom. The number of thioether (sulfide) groups is 1. The smallest absolute Gasteiger partial charge is 0.154 e. The van der Waals surface area contributed by atoms with Crippen LogP contribution in [0.4, 0.5) is 0 Å². The van der Waals surface area contributed by atoms with Gasteiger partial charge in [-0.1, -0.05) is 17.8 Å². The van der Waals surface area contributed by atoms with Crippen molar-refractivity contribution in [2.45, 2.75) is 12.5 Å². The number of halogens is 1. The molecule has 1 aromatic heterocycles. The molecular weight excluding hydrogens is 224 g/mol. The van der Waals surface area contributed by atoms with E-state index in [1.54, 1.807) is 23.1 Å². The van der Waals surface area contributed by atoms with Crippen molar-refractivity contribution in [3.05, 3.63) is 22.4 Å². The minimum absolute atomic E-state index is 0. The van der Waals surface area contributed by atoms with E-state index in [0.29, 0.717) is 6.04 Å². The van der Waals surface area contributed by atoms with Crippen LogP contribution in [-0.4, -0.2) is 17.0 Å². The molecule has 5 heteroatoms. The second-order valence-corrected chi connectivity index (χ2v) is 4.79. The molecule has 2 rings (SSSR count).